The number of nitrogens with zero attached hydrogens (tertiary/aromatic N) is 12. The van der Waals surface area contributed by atoms with Crippen LogP contribution in [0.1, 0.15) is 129 Å². The van der Waals surface area contributed by atoms with Crippen LogP contribution in [0.25, 0.3) is 44.6 Å². The monoisotopic (exact) mass is 1140 g/mol. The predicted molar refractivity (Wildman–Crippen MR) is 320 cm³/mol. The average Bonchev–Trinajstić information content (AvgIpc) is 2.31. The van der Waals surface area contributed by atoms with E-state index in [9.17, 15) is 28.6 Å². The summed E-state index contributed by atoms with van der Waals surface area (Å²) in [4.78, 5) is 62.8. The first-order valence-electron chi connectivity index (χ1n) is 29.8. The number of imidazole rings is 2. The zero-order valence-electron chi connectivity index (χ0n) is 48.4. The Morgan fingerprint density at radius 1 is 0.548 bits per heavy atom. The highest BCUT2D eigenvalue weighted by Crippen LogP contribution is 2.49. The van der Waals surface area contributed by atoms with Gasteiger partial charge in [-0.1, -0.05) is 37.1 Å². The molecule has 4 N–H and O–H groups in total. The van der Waals surface area contributed by atoms with Crippen LogP contribution in [-0.4, -0.2) is 121 Å². The molecule has 18 nitrogen and oxygen atoms in total. The van der Waals surface area contributed by atoms with Gasteiger partial charge >= 0.3 is 0 Å². The summed E-state index contributed by atoms with van der Waals surface area (Å²) in [5.74, 6) is -0.556. The molecule has 14 rings (SSSR count). The summed E-state index contributed by atoms with van der Waals surface area (Å²) in [6.07, 6.45) is 20.1. The fourth-order valence-electron chi connectivity index (χ4n) is 13.5. The average molecular weight is 1140 g/mol. The van der Waals surface area contributed by atoms with E-state index in [0.29, 0.717) is 46.2 Å². The third-order valence-electron chi connectivity index (χ3n) is 18.4. The van der Waals surface area contributed by atoms with Crippen LogP contribution < -0.4 is 20.4 Å². The molecular formula is C64H72F2N14O4. The maximum Gasteiger partial charge on any atom is 0.263 e. The van der Waals surface area contributed by atoms with Crippen LogP contribution in [-0.2, 0) is 20.8 Å². The van der Waals surface area contributed by atoms with Gasteiger partial charge in [-0.3, -0.25) is 19.6 Å². The van der Waals surface area contributed by atoms with Crippen molar-refractivity contribution in [1.29, 1.82) is 0 Å². The molecule has 0 bridgehead atoms. The number of rotatable bonds is 12. The molecule has 0 radical (unpaired) electrons. The number of halogens is 2. The number of aromatic nitrogens is 8. The zero-order chi connectivity index (χ0) is 58.3. The fraction of sp³-hybridized carbons (Fsp3) is 0.438. The molecule has 436 valence electrons. The maximum absolute atomic E-state index is 14.6. The first kappa shape index (κ1) is 55.4. The molecule has 6 aliphatic rings. The Labute approximate surface area is 487 Å². The van der Waals surface area contributed by atoms with Gasteiger partial charge in [-0.25, -0.2) is 28.7 Å². The maximum atomic E-state index is 14.6. The van der Waals surface area contributed by atoms with E-state index in [-0.39, 0.29) is 47.4 Å². The van der Waals surface area contributed by atoms with Crippen molar-refractivity contribution in [3.63, 3.8) is 0 Å². The summed E-state index contributed by atoms with van der Waals surface area (Å²) in [6.45, 7) is 15.9. The van der Waals surface area contributed by atoms with Crippen LogP contribution in [0.4, 0.5) is 43.2 Å². The lowest BCUT2D eigenvalue weighted by atomic mass is 9.83. The summed E-state index contributed by atoms with van der Waals surface area (Å²) in [6, 6.07) is 19.6. The van der Waals surface area contributed by atoms with Gasteiger partial charge in [0.1, 0.15) is 11.0 Å². The van der Waals surface area contributed by atoms with E-state index in [0.717, 1.165) is 109 Å². The van der Waals surface area contributed by atoms with E-state index in [1.165, 1.54) is 50.9 Å². The molecule has 20 heteroatoms. The molecule has 8 aromatic rings. The van der Waals surface area contributed by atoms with Gasteiger partial charge in [0, 0.05) is 70.9 Å². The second-order valence-corrected chi connectivity index (χ2v) is 24.6. The number of anilines is 6. The van der Waals surface area contributed by atoms with Crippen molar-refractivity contribution in [3.05, 3.63) is 121 Å². The highest BCUT2D eigenvalue weighted by molar-refractivity contribution is 6.09. The summed E-state index contributed by atoms with van der Waals surface area (Å²) in [7, 11) is 0. The zero-order valence-corrected chi connectivity index (χ0v) is 48.4. The number of hydrogen-bond acceptors (Lipinski definition) is 14. The lowest BCUT2D eigenvalue weighted by Gasteiger charge is -2.47. The Kier molecular flexibility index (Phi) is 14.3. The van der Waals surface area contributed by atoms with Crippen LogP contribution >= 0.6 is 0 Å². The summed E-state index contributed by atoms with van der Waals surface area (Å²) >= 11 is 0. The number of carbonyl (C=O) groups is 2. The van der Waals surface area contributed by atoms with Crippen LogP contribution in [0, 0.1) is 11.6 Å². The first-order chi connectivity index (χ1) is 40.4. The smallest absolute Gasteiger partial charge is 0.263 e. The van der Waals surface area contributed by atoms with Crippen molar-refractivity contribution < 1.29 is 28.6 Å². The van der Waals surface area contributed by atoms with Gasteiger partial charge in [-0.2, -0.15) is 0 Å². The van der Waals surface area contributed by atoms with Crippen molar-refractivity contribution in [2.75, 3.05) is 46.6 Å². The predicted octanol–water partition coefficient (Wildman–Crippen LogP) is 11.1. The number of fused-ring (bicyclic) bond motifs is 4. The standard InChI is InChI=1S/2C32H36FN7O2/c2*1-19(2)39-18-35-27-16-26(37-30(29(27)39)36-25-9-10-34-17-24(25)33)20-7-8-23-28(13-20)40(31(41)32(23,3)42)22-14-21(15-22)38-11-5-4-6-12-38/h2*7-10,13,16-19,21-22,42H,4-6,11-12,14-15H2,1-3H3,(H,34,36,37)/t2*21?,22?,32-/m10/s1. The molecule has 2 atom stereocenters. The third-order valence-corrected chi connectivity index (χ3v) is 18.4. The normalized spacial score (nSPS) is 24.3. The highest BCUT2D eigenvalue weighted by Gasteiger charge is 2.53. The highest BCUT2D eigenvalue weighted by atomic mass is 19.1. The van der Waals surface area contributed by atoms with E-state index in [1.54, 1.807) is 38.6 Å². The fourth-order valence-corrected chi connectivity index (χ4v) is 13.5. The van der Waals surface area contributed by atoms with Crippen LogP contribution in [0.5, 0.6) is 0 Å². The van der Waals surface area contributed by atoms with Gasteiger partial charge < -0.3 is 49.6 Å². The van der Waals surface area contributed by atoms with Crippen molar-refractivity contribution in [1.82, 2.24) is 48.8 Å². The number of hydrogen-bond donors (Lipinski definition) is 4. The van der Waals surface area contributed by atoms with E-state index >= 15 is 0 Å². The lowest BCUT2D eigenvalue weighted by molar-refractivity contribution is -0.135. The lowest BCUT2D eigenvalue weighted by Crippen LogP contribution is -2.57. The number of nitrogens with one attached hydrogen (secondary N) is 2. The largest absolute Gasteiger partial charge is 0.375 e. The molecule has 2 aromatic carbocycles. The van der Waals surface area contributed by atoms with E-state index < -0.39 is 22.8 Å². The molecule has 10 heterocycles. The topological polar surface area (TPSA) is 199 Å². The third kappa shape index (κ3) is 9.73. The van der Waals surface area contributed by atoms with E-state index in [1.807, 2.05) is 67.5 Å². The summed E-state index contributed by atoms with van der Waals surface area (Å²) in [5.41, 5.74) is 5.87. The Hall–Kier alpha value is -7.78. The molecular weight excluding hydrogens is 1070 g/mol. The Bertz CT molecular complexity index is 3590. The molecule has 4 aliphatic heterocycles. The number of amides is 2. The molecule has 2 saturated heterocycles. The molecule has 2 aliphatic carbocycles. The molecule has 0 spiro atoms. The van der Waals surface area contributed by atoms with Gasteiger partial charge in [0.25, 0.3) is 11.8 Å². The van der Waals surface area contributed by atoms with Crippen molar-refractivity contribution in [2.24, 2.45) is 0 Å². The second-order valence-electron chi connectivity index (χ2n) is 24.6. The first-order valence-corrected chi connectivity index (χ1v) is 29.8. The molecule has 84 heavy (non-hydrogen) atoms. The SMILES string of the molecule is CC(C)n1cnc2cc(-c3ccc4c(c3)N(C3CC(N5CCCCC5)C3)C(=O)[C@@]4(C)O)nc(Nc3ccncc3F)c21.CC(C)n1cnc2cc(-c3ccc4c(c3)N(C3CC(N5CCCCC5)C3)C(=O)[C@]4(C)O)nc(Nc3ccncc3F)c21. The minimum absolute atomic E-state index is 0.0523. The van der Waals surface area contributed by atoms with Gasteiger partial charge in [0.15, 0.2) is 34.5 Å². The molecule has 6 aromatic heterocycles. The minimum Gasteiger partial charge on any atom is -0.375 e. The summed E-state index contributed by atoms with van der Waals surface area (Å²) < 4.78 is 33.2. The number of likely N-dealkylation sites (tertiary alicyclic amines) is 2. The van der Waals surface area contributed by atoms with Crippen molar-refractivity contribution in [2.45, 2.75) is 153 Å². The van der Waals surface area contributed by atoms with Crippen molar-refractivity contribution >= 4 is 68.3 Å². The van der Waals surface area contributed by atoms with E-state index in [2.05, 4.69) is 68.1 Å². The van der Waals surface area contributed by atoms with Crippen LogP contribution in [0.15, 0.2) is 98.1 Å². The number of pyridine rings is 4. The number of benzene rings is 2. The number of piperidine rings is 2. The van der Waals surface area contributed by atoms with Gasteiger partial charge in [0.05, 0.1) is 70.2 Å². The Morgan fingerprint density at radius 3 is 1.31 bits per heavy atom. The van der Waals surface area contributed by atoms with E-state index in [4.69, 9.17) is 9.97 Å². The molecule has 2 amide bonds. The quantitative estimate of drug-likeness (QED) is 0.0901. The summed E-state index contributed by atoms with van der Waals surface area (Å²) in [5, 5.41) is 28.9. The van der Waals surface area contributed by atoms with Crippen LogP contribution in [0.3, 0.4) is 0 Å². The van der Waals surface area contributed by atoms with Crippen LogP contribution in [0.2, 0.25) is 0 Å². The Morgan fingerprint density at radius 2 is 0.940 bits per heavy atom. The number of aliphatic hydroxyl groups is 2. The second kappa shape index (κ2) is 21.7. The molecule has 4 fully saturated rings. The Balaban J connectivity index is 0.000000157. The van der Waals surface area contributed by atoms with Crippen molar-refractivity contribution in [3.8, 4) is 22.5 Å². The number of carbonyl (C=O) groups excluding carboxylic acids is 2. The van der Waals surface area contributed by atoms with Gasteiger partial charge in [-0.15, -0.1) is 0 Å². The minimum atomic E-state index is -1.58. The van der Waals surface area contributed by atoms with Gasteiger partial charge in [0.2, 0.25) is 0 Å². The molecule has 2 saturated carbocycles. The molecule has 0 unspecified atom stereocenters. The van der Waals surface area contributed by atoms with Gasteiger partial charge in [-0.05, 0) is 155 Å².